The number of anilines is 1. The standard InChI is InChI=1S/C15H24IN3O/c1-5-20-15(8-6-7-9-15)14-18-12(10(2)3)11(16)13(17-4)19-14/h10H,5-9H2,1-4H3,(H,17,18,19). The highest BCUT2D eigenvalue weighted by atomic mass is 127. The van der Waals surface area contributed by atoms with Gasteiger partial charge in [-0.3, -0.25) is 0 Å². The molecule has 0 radical (unpaired) electrons. The van der Waals surface area contributed by atoms with E-state index in [0.717, 1.165) is 33.7 Å². The number of nitrogens with zero attached hydrogens (tertiary/aromatic N) is 2. The molecule has 1 aliphatic carbocycles. The molecule has 1 aliphatic rings. The Kier molecular flexibility index (Phi) is 5.23. The summed E-state index contributed by atoms with van der Waals surface area (Å²) in [7, 11) is 1.92. The first-order valence-electron chi connectivity index (χ1n) is 7.43. The average Bonchev–Trinajstić information content (AvgIpc) is 2.88. The fourth-order valence-corrected chi connectivity index (χ4v) is 4.01. The van der Waals surface area contributed by atoms with E-state index in [-0.39, 0.29) is 5.60 Å². The summed E-state index contributed by atoms with van der Waals surface area (Å²) in [5.41, 5.74) is 0.847. The minimum Gasteiger partial charge on any atom is -0.372 e. The molecule has 0 atom stereocenters. The lowest BCUT2D eigenvalue weighted by Gasteiger charge is -2.28. The number of rotatable bonds is 5. The number of aromatic nitrogens is 2. The fourth-order valence-electron chi connectivity index (χ4n) is 2.87. The lowest BCUT2D eigenvalue weighted by molar-refractivity contribution is -0.0458. The minimum atomic E-state index is -0.270. The normalized spacial score (nSPS) is 17.7. The van der Waals surface area contributed by atoms with E-state index >= 15 is 0 Å². The molecule has 0 saturated heterocycles. The highest BCUT2D eigenvalue weighted by Gasteiger charge is 2.40. The molecule has 1 aromatic heterocycles. The van der Waals surface area contributed by atoms with E-state index in [0.29, 0.717) is 12.5 Å². The van der Waals surface area contributed by atoms with Crippen molar-refractivity contribution < 1.29 is 4.74 Å². The van der Waals surface area contributed by atoms with Gasteiger partial charge in [0.05, 0.1) is 9.26 Å². The number of hydrogen-bond donors (Lipinski definition) is 1. The molecule has 0 bridgehead atoms. The molecule has 0 aliphatic heterocycles. The Balaban J connectivity index is 2.52. The van der Waals surface area contributed by atoms with Crippen LogP contribution in [0.4, 0.5) is 5.82 Å². The summed E-state index contributed by atoms with van der Waals surface area (Å²) in [5, 5.41) is 3.20. The number of ether oxygens (including phenoxy) is 1. The third kappa shape index (κ3) is 2.93. The molecule has 1 aromatic rings. The zero-order valence-corrected chi connectivity index (χ0v) is 15.0. The van der Waals surface area contributed by atoms with Crippen LogP contribution in [0.1, 0.15) is 63.9 Å². The van der Waals surface area contributed by atoms with Gasteiger partial charge < -0.3 is 10.1 Å². The van der Waals surface area contributed by atoms with Gasteiger partial charge in [0.2, 0.25) is 0 Å². The van der Waals surface area contributed by atoms with Crippen LogP contribution < -0.4 is 5.32 Å². The summed E-state index contributed by atoms with van der Waals surface area (Å²) in [6, 6.07) is 0. The Morgan fingerprint density at radius 2 is 1.95 bits per heavy atom. The second-order valence-corrected chi connectivity index (χ2v) is 6.71. The molecule has 0 amide bonds. The van der Waals surface area contributed by atoms with Crippen LogP contribution in [-0.2, 0) is 10.3 Å². The lowest BCUT2D eigenvalue weighted by Crippen LogP contribution is -2.30. The number of hydrogen-bond acceptors (Lipinski definition) is 4. The molecular formula is C15H24IN3O. The van der Waals surface area contributed by atoms with Gasteiger partial charge in [-0.05, 0) is 61.1 Å². The first-order valence-corrected chi connectivity index (χ1v) is 8.51. The molecule has 1 N–H and O–H groups in total. The van der Waals surface area contributed by atoms with Crippen LogP contribution in [0.5, 0.6) is 0 Å². The smallest absolute Gasteiger partial charge is 0.162 e. The topological polar surface area (TPSA) is 47.0 Å². The Bertz CT molecular complexity index is 470. The molecule has 0 spiro atoms. The van der Waals surface area contributed by atoms with Crippen molar-refractivity contribution >= 4 is 28.4 Å². The van der Waals surface area contributed by atoms with Gasteiger partial charge in [-0.2, -0.15) is 0 Å². The van der Waals surface area contributed by atoms with Crippen LogP contribution in [0.3, 0.4) is 0 Å². The molecule has 20 heavy (non-hydrogen) atoms. The third-order valence-electron chi connectivity index (χ3n) is 3.90. The molecule has 1 fully saturated rings. The van der Waals surface area contributed by atoms with Crippen LogP contribution >= 0.6 is 22.6 Å². The molecular weight excluding hydrogens is 365 g/mol. The van der Waals surface area contributed by atoms with Crippen LogP contribution in [0.2, 0.25) is 0 Å². The first-order chi connectivity index (χ1) is 9.54. The summed E-state index contributed by atoms with van der Waals surface area (Å²) in [6.45, 7) is 7.11. The summed E-state index contributed by atoms with van der Waals surface area (Å²) in [5.74, 6) is 2.17. The Morgan fingerprint density at radius 1 is 1.30 bits per heavy atom. The van der Waals surface area contributed by atoms with Crippen LogP contribution in [0, 0.1) is 3.57 Å². The van der Waals surface area contributed by atoms with Crippen LogP contribution in [0.25, 0.3) is 0 Å². The molecule has 1 heterocycles. The molecule has 5 heteroatoms. The molecule has 0 unspecified atom stereocenters. The van der Waals surface area contributed by atoms with E-state index in [2.05, 4.69) is 48.7 Å². The van der Waals surface area contributed by atoms with Crippen molar-refractivity contribution in [3.05, 3.63) is 15.1 Å². The van der Waals surface area contributed by atoms with Crippen molar-refractivity contribution in [2.45, 2.75) is 58.0 Å². The van der Waals surface area contributed by atoms with E-state index in [9.17, 15) is 0 Å². The summed E-state index contributed by atoms with van der Waals surface area (Å²) in [4.78, 5) is 9.62. The minimum absolute atomic E-state index is 0.270. The second kappa shape index (κ2) is 6.56. The van der Waals surface area contributed by atoms with Gasteiger partial charge in [0.15, 0.2) is 5.82 Å². The Labute approximate surface area is 135 Å². The molecule has 112 valence electrons. The largest absolute Gasteiger partial charge is 0.372 e. The van der Waals surface area contributed by atoms with Gasteiger partial charge in [0, 0.05) is 13.7 Å². The molecule has 4 nitrogen and oxygen atoms in total. The maximum atomic E-state index is 6.10. The van der Waals surface area contributed by atoms with Gasteiger partial charge in [-0.1, -0.05) is 13.8 Å². The van der Waals surface area contributed by atoms with E-state index < -0.39 is 0 Å². The van der Waals surface area contributed by atoms with E-state index in [4.69, 9.17) is 14.7 Å². The van der Waals surface area contributed by atoms with E-state index in [1.807, 2.05) is 7.05 Å². The van der Waals surface area contributed by atoms with Gasteiger partial charge >= 0.3 is 0 Å². The Hall–Kier alpha value is -0.430. The molecule has 1 saturated carbocycles. The predicted molar refractivity (Wildman–Crippen MR) is 90.2 cm³/mol. The SMILES string of the molecule is CCOC1(c2nc(NC)c(I)c(C(C)C)n2)CCCC1. The number of nitrogens with one attached hydrogen (secondary N) is 1. The summed E-state index contributed by atoms with van der Waals surface area (Å²) < 4.78 is 7.21. The molecule has 2 rings (SSSR count). The van der Waals surface area contributed by atoms with Gasteiger partial charge in [-0.15, -0.1) is 0 Å². The second-order valence-electron chi connectivity index (χ2n) is 5.63. The fraction of sp³-hybridized carbons (Fsp3) is 0.733. The van der Waals surface area contributed by atoms with Gasteiger partial charge in [-0.25, -0.2) is 9.97 Å². The maximum absolute atomic E-state index is 6.10. The maximum Gasteiger partial charge on any atom is 0.162 e. The van der Waals surface area contributed by atoms with Crippen molar-refractivity contribution in [2.75, 3.05) is 19.0 Å². The van der Waals surface area contributed by atoms with Crippen molar-refractivity contribution in [3.63, 3.8) is 0 Å². The predicted octanol–water partition coefficient (Wildman–Crippen LogP) is 4.05. The van der Waals surface area contributed by atoms with Crippen molar-refractivity contribution in [1.29, 1.82) is 0 Å². The summed E-state index contributed by atoms with van der Waals surface area (Å²) >= 11 is 2.33. The van der Waals surface area contributed by atoms with Gasteiger partial charge in [0.1, 0.15) is 11.4 Å². The monoisotopic (exact) mass is 389 g/mol. The van der Waals surface area contributed by atoms with Crippen LogP contribution in [0.15, 0.2) is 0 Å². The zero-order chi connectivity index (χ0) is 14.8. The van der Waals surface area contributed by atoms with Crippen molar-refractivity contribution in [3.8, 4) is 0 Å². The first kappa shape index (κ1) is 15.9. The third-order valence-corrected chi connectivity index (χ3v) is 4.96. The van der Waals surface area contributed by atoms with Crippen LogP contribution in [-0.4, -0.2) is 23.6 Å². The van der Waals surface area contributed by atoms with E-state index in [1.54, 1.807) is 0 Å². The van der Waals surface area contributed by atoms with Gasteiger partial charge in [0.25, 0.3) is 0 Å². The Morgan fingerprint density at radius 3 is 2.45 bits per heavy atom. The quantitative estimate of drug-likeness (QED) is 0.772. The van der Waals surface area contributed by atoms with Crippen molar-refractivity contribution in [2.24, 2.45) is 0 Å². The molecule has 0 aromatic carbocycles. The van der Waals surface area contributed by atoms with Crippen molar-refractivity contribution in [1.82, 2.24) is 9.97 Å². The summed E-state index contributed by atoms with van der Waals surface area (Å²) in [6.07, 6.45) is 4.45. The van der Waals surface area contributed by atoms with E-state index in [1.165, 1.54) is 12.8 Å². The highest BCUT2D eigenvalue weighted by Crippen LogP contribution is 2.41. The zero-order valence-electron chi connectivity index (χ0n) is 12.8. The lowest BCUT2D eigenvalue weighted by atomic mass is 10.00. The highest BCUT2D eigenvalue weighted by molar-refractivity contribution is 14.1. The number of halogens is 1. The average molecular weight is 389 g/mol.